The van der Waals surface area contributed by atoms with Gasteiger partial charge in [-0.3, -0.25) is 10.1 Å². The Morgan fingerprint density at radius 1 is 1.48 bits per heavy atom. The summed E-state index contributed by atoms with van der Waals surface area (Å²) in [6, 6.07) is 5.36. The first-order valence-electron chi connectivity index (χ1n) is 8.17. The summed E-state index contributed by atoms with van der Waals surface area (Å²) >= 11 is 0. The normalized spacial score (nSPS) is 17.4. The van der Waals surface area contributed by atoms with E-state index >= 15 is 0 Å². The summed E-state index contributed by atoms with van der Waals surface area (Å²) < 4.78 is 1.83. The van der Waals surface area contributed by atoms with E-state index in [0.29, 0.717) is 11.4 Å². The number of nitrogens with zero attached hydrogens (tertiary/aromatic N) is 4. The molecule has 1 aliphatic heterocycles. The second kappa shape index (κ2) is 6.88. The standard InChI is InChI=1S/C16H20N6O3/c1-10(12-5-3-6-13(9-12)22(24)25)17-16(23)19-14-7-4-8-21-15(14)18-11(2)20-21/h3,5-6,9-10,14H,4,7-8H2,1-2H3,(H2,17,19,23). The molecule has 1 aliphatic rings. The van der Waals surface area contributed by atoms with Crippen molar-refractivity contribution in [2.45, 2.75) is 45.3 Å². The number of carbonyl (C=O) groups is 1. The van der Waals surface area contributed by atoms with Crippen molar-refractivity contribution < 1.29 is 9.72 Å². The van der Waals surface area contributed by atoms with Gasteiger partial charge in [-0.15, -0.1) is 0 Å². The van der Waals surface area contributed by atoms with E-state index in [4.69, 9.17) is 0 Å². The van der Waals surface area contributed by atoms with Crippen LogP contribution in [-0.2, 0) is 6.54 Å². The number of aromatic nitrogens is 3. The van der Waals surface area contributed by atoms with E-state index in [0.717, 1.165) is 25.2 Å². The molecule has 2 aromatic rings. The van der Waals surface area contributed by atoms with Crippen LogP contribution in [0, 0.1) is 17.0 Å². The van der Waals surface area contributed by atoms with Gasteiger partial charge in [0, 0.05) is 18.7 Å². The van der Waals surface area contributed by atoms with Gasteiger partial charge >= 0.3 is 6.03 Å². The summed E-state index contributed by atoms with van der Waals surface area (Å²) in [5, 5.41) is 20.9. The van der Waals surface area contributed by atoms with E-state index in [2.05, 4.69) is 20.7 Å². The number of rotatable bonds is 4. The van der Waals surface area contributed by atoms with Gasteiger partial charge < -0.3 is 10.6 Å². The third-order valence-corrected chi connectivity index (χ3v) is 4.21. The van der Waals surface area contributed by atoms with Gasteiger partial charge in [0.25, 0.3) is 5.69 Å². The molecule has 25 heavy (non-hydrogen) atoms. The molecule has 1 aromatic heterocycles. The summed E-state index contributed by atoms with van der Waals surface area (Å²) in [4.78, 5) is 27.1. The van der Waals surface area contributed by atoms with Gasteiger partial charge in [-0.1, -0.05) is 12.1 Å². The number of hydrogen-bond donors (Lipinski definition) is 2. The van der Waals surface area contributed by atoms with Crippen LogP contribution in [0.2, 0.25) is 0 Å². The maximum atomic E-state index is 12.3. The smallest absolute Gasteiger partial charge is 0.315 e. The second-order valence-electron chi connectivity index (χ2n) is 6.13. The molecular weight excluding hydrogens is 324 g/mol. The fourth-order valence-electron chi connectivity index (χ4n) is 2.99. The largest absolute Gasteiger partial charge is 0.332 e. The fraction of sp³-hybridized carbons (Fsp3) is 0.438. The number of fused-ring (bicyclic) bond motifs is 1. The first kappa shape index (κ1) is 16.9. The van der Waals surface area contributed by atoms with Crippen molar-refractivity contribution in [1.82, 2.24) is 25.4 Å². The summed E-state index contributed by atoms with van der Waals surface area (Å²) in [6.45, 7) is 4.42. The number of nitro groups is 1. The molecule has 2 heterocycles. The van der Waals surface area contributed by atoms with E-state index in [1.165, 1.54) is 12.1 Å². The molecule has 3 rings (SSSR count). The molecule has 0 fully saturated rings. The molecule has 9 heteroatoms. The minimum atomic E-state index is -0.451. The van der Waals surface area contributed by atoms with Crippen LogP contribution in [0.1, 0.15) is 49.1 Å². The Morgan fingerprint density at radius 2 is 2.28 bits per heavy atom. The van der Waals surface area contributed by atoms with Crippen LogP contribution < -0.4 is 10.6 Å². The Hall–Kier alpha value is -2.97. The zero-order valence-electron chi connectivity index (χ0n) is 14.1. The van der Waals surface area contributed by atoms with Crippen LogP contribution in [0.4, 0.5) is 10.5 Å². The average molecular weight is 344 g/mol. The molecule has 0 saturated heterocycles. The van der Waals surface area contributed by atoms with E-state index in [9.17, 15) is 14.9 Å². The second-order valence-corrected chi connectivity index (χ2v) is 6.13. The topological polar surface area (TPSA) is 115 Å². The van der Waals surface area contributed by atoms with Gasteiger partial charge in [-0.25, -0.2) is 14.5 Å². The summed E-state index contributed by atoms with van der Waals surface area (Å²) in [5.74, 6) is 1.45. The number of nitrogens with one attached hydrogen (secondary N) is 2. The molecule has 0 bridgehead atoms. The third-order valence-electron chi connectivity index (χ3n) is 4.21. The molecule has 2 N–H and O–H groups in total. The van der Waals surface area contributed by atoms with Gasteiger partial charge in [-0.05, 0) is 32.3 Å². The minimum absolute atomic E-state index is 0.00224. The Bertz CT molecular complexity index is 803. The van der Waals surface area contributed by atoms with Crippen LogP contribution in [0.3, 0.4) is 0 Å². The molecule has 2 amide bonds. The lowest BCUT2D eigenvalue weighted by molar-refractivity contribution is -0.384. The number of hydrogen-bond acceptors (Lipinski definition) is 5. The van der Waals surface area contributed by atoms with Gasteiger partial charge in [0.05, 0.1) is 17.0 Å². The molecule has 0 aliphatic carbocycles. The highest BCUT2D eigenvalue weighted by Crippen LogP contribution is 2.23. The highest BCUT2D eigenvalue weighted by atomic mass is 16.6. The van der Waals surface area contributed by atoms with Crippen molar-refractivity contribution in [3.8, 4) is 0 Å². The molecule has 2 atom stereocenters. The summed E-state index contributed by atoms with van der Waals surface area (Å²) in [5.41, 5.74) is 0.675. The minimum Gasteiger partial charge on any atom is -0.332 e. The van der Waals surface area contributed by atoms with Crippen molar-refractivity contribution in [3.05, 3.63) is 51.6 Å². The molecule has 1 aromatic carbocycles. The van der Waals surface area contributed by atoms with Gasteiger partial charge in [0.15, 0.2) is 0 Å². The number of nitro benzene ring substituents is 1. The first-order chi connectivity index (χ1) is 11.9. The lowest BCUT2D eigenvalue weighted by Gasteiger charge is -2.24. The molecule has 0 radical (unpaired) electrons. The number of aryl methyl sites for hydroxylation is 2. The van der Waals surface area contributed by atoms with Gasteiger partial charge in [0.2, 0.25) is 0 Å². The van der Waals surface area contributed by atoms with Crippen molar-refractivity contribution in [1.29, 1.82) is 0 Å². The van der Waals surface area contributed by atoms with Crippen molar-refractivity contribution in [2.24, 2.45) is 0 Å². The van der Waals surface area contributed by atoms with Crippen LogP contribution in [-0.4, -0.2) is 25.7 Å². The van der Waals surface area contributed by atoms with Crippen LogP contribution in [0.15, 0.2) is 24.3 Å². The maximum Gasteiger partial charge on any atom is 0.315 e. The predicted octanol–water partition coefficient (Wildman–Crippen LogP) is 2.39. The Balaban J connectivity index is 1.65. The monoisotopic (exact) mass is 344 g/mol. The number of urea groups is 1. The van der Waals surface area contributed by atoms with Crippen molar-refractivity contribution in [3.63, 3.8) is 0 Å². The van der Waals surface area contributed by atoms with Gasteiger partial charge in [-0.2, -0.15) is 5.10 Å². The molecular formula is C16H20N6O3. The quantitative estimate of drug-likeness (QED) is 0.653. The van der Waals surface area contributed by atoms with Crippen molar-refractivity contribution >= 4 is 11.7 Å². The van der Waals surface area contributed by atoms with Crippen LogP contribution in [0.25, 0.3) is 0 Å². The third kappa shape index (κ3) is 3.76. The number of carbonyl (C=O) groups excluding carboxylic acids is 1. The molecule has 0 saturated carbocycles. The highest BCUT2D eigenvalue weighted by molar-refractivity contribution is 5.74. The average Bonchev–Trinajstić information content (AvgIpc) is 2.96. The summed E-state index contributed by atoms with van der Waals surface area (Å²) in [7, 11) is 0. The molecule has 9 nitrogen and oxygen atoms in total. The fourth-order valence-corrected chi connectivity index (χ4v) is 2.99. The number of benzene rings is 1. The zero-order chi connectivity index (χ0) is 18.0. The number of non-ortho nitro benzene ring substituents is 1. The van der Waals surface area contributed by atoms with Crippen LogP contribution in [0.5, 0.6) is 0 Å². The molecule has 132 valence electrons. The van der Waals surface area contributed by atoms with E-state index in [-0.39, 0.29) is 23.8 Å². The maximum absolute atomic E-state index is 12.3. The lowest BCUT2D eigenvalue weighted by Crippen LogP contribution is -2.41. The molecule has 0 spiro atoms. The first-order valence-corrected chi connectivity index (χ1v) is 8.17. The Morgan fingerprint density at radius 3 is 3.04 bits per heavy atom. The number of amides is 2. The van der Waals surface area contributed by atoms with E-state index in [1.807, 2.05) is 11.6 Å². The van der Waals surface area contributed by atoms with Gasteiger partial charge in [0.1, 0.15) is 11.6 Å². The lowest BCUT2D eigenvalue weighted by atomic mass is 10.1. The van der Waals surface area contributed by atoms with Crippen LogP contribution >= 0.6 is 0 Å². The van der Waals surface area contributed by atoms with Crippen molar-refractivity contribution in [2.75, 3.05) is 0 Å². The predicted molar refractivity (Wildman–Crippen MR) is 89.9 cm³/mol. The zero-order valence-corrected chi connectivity index (χ0v) is 14.1. The highest BCUT2D eigenvalue weighted by Gasteiger charge is 2.25. The molecule has 2 unspecified atom stereocenters. The SMILES string of the molecule is Cc1nc2n(n1)CCCC2NC(=O)NC(C)c1cccc([N+](=O)[O-])c1. The van der Waals surface area contributed by atoms with E-state index in [1.54, 1.807) is 19.1 Å². The van der Waals surface area contributed by atoms with E-state index < -0.39 is 4.92 Å². The summed E-state index contributed by atoms with van der Waals surface area (Å²) in [6.07, 6.45) is 1.72. The Labute approximate surface area is 144 Å². The Kier molecular flexibility index (Phi) is 4.64.